The summed E-state index contributed by atoms with van der Waals surface area (Å²) >= 11 is 3.45. The molecule has 1 aliphatic rings. The number of nitrogens with zero attached hydrogens (tertiary/aromatic N) is 1. The molecule has 0 unspecified atom stereocenters. The normalized spacial score (nSPS) is 13.0. The molecular weight excluding hydrogens is 492 g/mol. The largest absolute Gasteiger partial charge is 0.484 e. The first-order chi connectivity index (χ1) is 15.2. The summed E-state index contributed by atoms with van der Waals surface area (Å²) < 4.78 is 34.7. The Morgan fingerprint density at radius 1 is 1.06 bits per heavy atom. The van der Waals surface area contributed by atoms with E-state index in [-0.39, 0.29) is 17.4 Å². The molecule has 0 aliphatic carbocycles. The molecule has 0 radical (unpaired) electrons. The van der Waals surface area contributed by atoms with E-state index < -0.39 is 10.0 Å². The molecule has 166 valence electrons. The number of fused-ring (bicyclic) bond motifs is 1. The first-order valence-corrected chi connectivity index (χ1v) is 12.4. The van der Waals surface area contributed by atoms with Gasteiger partial charge < -0.3 is 9.64 Å². The fourth-order valence-corrected chi connectivity index (χ4v) is 5.15. The van der Waals surface area contributed by atoms with Crippen molar-refractivity contribution in [2.45, 2.75) is 25.2 Å². The molecule has 0 bridgehead atoms. The summed E-state index contributed by atoms with van der Waals surface area (Å²) in [5, 5.41) is 0. The zero-order valence-electron chi connectivity index (χ0n) is 17.8. The van der Waals surface area contributed by atoms with E-state index in [1.54, 1.807) is 23.1 Å². The van der Waals surface area contributed by atoms with Crippen molar-refractivity contribution >= 4 is 43.2 Å². The van der Waals surface area contributed by atoms with Crippen LogP contribution in [0.15, 0.2) is 70.0 Å². The van der Waals surface area contributed by atoms with Gasteiger partial charge in [-0.25, -0.2) is 8.42 Å². The number of halogens is 1. The Balaban J connectivity index is 1.40. The van der Waals surface area contributed by atoms with Crippen LogP contribution in [-0.2, 0) is 21.2 Å². The number of nitrogens with one attached hydrogen (secondary N) is 1. The van der Waals surface area contributed by atoms with Crippen molar-refractivity contribution in [1.29, 1.82) is 0 Å². The summed E-state index contributed by atoms with van der Waals surface area (Å²) in [7, 11) is -3.74. The van der Waals surface area contributed by atoms with Crippen LogP contribution < -0.4 is 14.4 Å². The van der Waals surface area contributed by atoms with Crippen LogP contribution in [0.3, 0.4) is 0 Å². The van der Waals surface area contributed by atoms with Gasteiger partial charge in [-0.15, -0.1) is 0 Å². The predicted molar refractivity (Wildman–Crippen MR) is 129 cm³/mol. The van der Waals surface area contributed by atoms with Gasteiger partial charge in [0.2, 0.25) is 0 Å². The first kappa shape index (κ1) is 22.4. The SMILES string of the molecule is Cc1ccc(C)c(NS(=O)(=O)c2ccc(OCC(=O)N3CCc4cc(Br)ccc43)cc2)c1. The van der Waals surface area contributed by atoms with Crippen molar-refractivity contribution in [2.75, 3.05) is 22.8 Å². The number of ether oxygens (including phenoxy) is 1. The summed E-state index contributed by atoms with van der Waals surface area (Å²) in [5.41, 5.74) is 4.39. The average Bonchev–Trinajstić information content (AvgIpc) is 3.18. The van der Waals surface area contributed by atoms with Crippen LogP contribution in [0.4, 0.5) is 11.4 Å². The van der Waals surface area contributed by atoms with Gasteiger partial charge in [0.1, 0.15) is 5.75 Å². The van der Waals surface area contributed by atoms with E-state index in [9.17, 15) is 13.2 Å². The standard InChI is InChI=1S/C24H23BrN2O4S/c1-16-3-4-17(2)22(13-16)26-32(29,30)21-8-6-20(7-9-21)31-15-24(28)27-12-11-18-14-19(25)5-10-23(18)27/h3-10,13-14,26H,11-12,15H2,1-2H3. The second-order valence-electron chi connectivity index (χ2n) is 7.75. The fraction of sp³-hybridized carbons (Fsp3) is 0.208. The Morgan fingerprint density at radius 2 is 1.81 bits per heavy atom. The molecule has 0 saturated heterocycles. The van der Waals surface area contributed by atoms with Crippen molar-refractivity contribution in [3.05, 3.63) is 81.8 Å². The van der Waals surface area contributed by atoms with Gasteiger partial charge >= 0.3 is 0 Å². The minimum Gasteiger partial charge on any atom is -0.484 e. The topological polar surface area (TPSA) is 75.7 Å². The van der Waals surface area contributed by atoms with Crippen molar-refractivity contribution in [2.24, 2.45) is 0 Å². The Bertz CT molecular complexity index is 1270. The molecule has 4 rings (SSSR count). The van der Waals surface area contributed by atoms with Gasteiger partial charge in [0.05, 0.1) is 10.6 Å². The van der Waals surface area contributed by atoms with Gasteiger partial charge in [-0.3, -0.25) is 9.52 Å². The molecule has 8 heteroatoms. The molecule has 0 fully saturated rings. The van der Waals surface area contributed by atoms with Gasteiger partial charge in [0, 0.05) is 16.7 Å². The van der Waals surface area contributed by atoms with Crippen molar-refractivity contribution < 1.29 is 17.9 Å². The van der Waals surface area contributed by atoms with Crippen LogP contribution in [0.2, 0.25) is 0 Å². The van der Waals surface area contributed by atoms with Crippen LogP contribution in [0, 0.1) is 13.8 Å². The lowest BCUT2D eigenvalue weighted by Gasteiger charge is -2.18. The number of amides is 1. The maximum absolute atomic E-state index is 12.7. The van der Waals surface area contributed by atoms with Gasteiger partial charge in [0.15, 0.2) is 6.61 Å². The predicted octanol–water partition coefficient (Wildman–Crippen LogP) is 4.83. The smallest absolute Gasteiger partial charge is 0.264 e. The Morgan fingerprint density at radius 3 is 2.56 bits per heavy atom. The Kier molecular flexibility index (Phi) is 6.26. The minimum absolute atomic E-state index is 0.121. The summed E-state index contributed by atoms with van der Waals surface area (Å²) in [6.07, 6.45) is 0.806. The lowest BCUT2D eigenvalue weighted by molar-refractivity contribution is -0.120. The first-order valence-electron chi connectivity index (χ1n) is 10.1. The summed E-state index contributed by atoms with van der Waals surface area (Å²) in [5.74, 6) is 0.290. The highest BCUT2D eigenvalue weighted by atomic mass is 79.9. The van der Waals surface area contributed by atoms with Crippen molar-refractivity contribution in [3.8, 4) is 5.75 Å². The van der Waals surface area contributed by atoms with E-state index in [1.165, 1.54) is 12.1 Å². The molecular formula is C24H23BrN2O4S. The number of benzene rings is 3. The van der Waals surface area contributed by atoms with Crippen LogP contribution in [0.5, 0.6) is 5.75 Å². The number of anilines is 2. The quantitative estimate of drug-likeness (QED) is 0.510. The lowest BCUT2D eigenvalue weighted by atomic mass is 10.1. The molecule has 0 saturated carbocycles. The fourth-order valence-electron chi connectivity index (χ4n) is 3.62. The molecule has 3 aromatic carbocycles. The van der Waals surface area contributed by atoms with Gasteiger partial charge in [-0.05, 0) is 85.5 Å². The third kappa shape index (κ3) is 4.81. The van der Waals surface area contributed by atoms with Crippen LogP contribution in [0.1, 0.15) is 16.7 Å². The highest BCUT2D eigenvalue weighted by Crippen LogP contribution is 2.30. The maximum atomic E-state index is 12.7. The monoisotopic (exact) mass is 514 g/mol. The zero-order chi connectivity index (χ0) is 22.9. The molecule has 0 aromatic heterocycles. The third-order valence-electron chi connectivity index (χ3n) is 5.37. The highest BCUT2D eigenvalue weighted by Gasteiger charge is 2.25. The number of carbonyl (C=O) groups excluding carboxylic acids is 1. The van der Waals surface area contributed by atoms with Gasteiger partial charge in [-0.2, -0.15) is 0 Å². The summed E-state index contributed by atoms with van der Waals surface area (Å²) in [6, 6.07) is 17.5. The van der Waals surface area contributed by atoms with Gasteiger partial charge in [0.25, 0.3) is 15.9 Å². The molecule has 1 amide bonds. The average molecular weight is 515 g/mol. The van der Waals surface area contributed by atoms with E-state index in [0.29, 0.717) is 18.0 Å². The molecule has 32 heavy (non-hydrogen) atoms. The molecule has 6 nitrogen and oxygen atoms in total. The second-order valence-corrected chi connectivity index (χ2v) is 10.4. The minimum atomic E-state index is -3.74. The highest BCUT2D eigenvalue weighted by molar-refractivity contribution is 9.10. The van der Waals surface area contributed by atoms with Crippen LogP contribution >= 0.6 is 15.9 Å². The third-order valence-corrected chi connectivity index (χ3v) is 7.25. The number of aryl methyl sites for hydroxylation is 2. The van der Waals surface area contributed by atoms with E-state index in [2.05, 4.69) is 20.7 Å². The van der Waals surface area contributed by atoms with E-state index in [4.69, 9.17) is 4.74 Å². The molecule has 1 N–H and O–H groups in total. The summed E-state index contributed by atoms with van der Waals surface area (Å²) in [6.45, 7) is 4.25. The van der Waals surface area contributed by atoms with Gasteiger partial charge in [-0.1, -0.05) is 28.1 Å². The molecule has 0 spiro atoms. The van der Waals surface area contributed by atoms with E-state index in [1.807, 2.05) is 44.2 Å². The number of hydrogen-bond donors (Lipinski definition) is 1. The number of sulfonamides is 1. The molecule has 3 aromatic rings. The lowest BCUT2D eigenvalue weighted by Crippen LogP contribution is -2.33. The zero-order valence-corrected chi connectivity index (χ0v) is 20.2. The second kappa shape index (κ2) is 8.96. The Hall–Kier alpha value is -2.84. The van der Waals surface area contributed by atoms with Crippen molar-refractivity contribution in [1.82, 2.24) is 0 Å². The number of hydrogen-bond acceptors (Lipinski definition) is 4. The Labute approximate surface area is 196 Å². The van der Waals surface area contributed by atoms with E-state index >= 15 is 0 Å². The molecule has 0 atom stereocenters. The number of rotatable bonds is 6. The number of carbonyl (C=O) groups is 1. The van der Waals surface area contributed by atoms with Crippen LogP contribution in [0.25, 0.3) is 0 Å². The van der Waals surface area contributed by atoms with Crippen LogP contribution in [-0.4, -0.2) is 27.5 Å². The molecule has 1 aliphatic heterocycles. The van der Waals surface area contributed by atoms with Crippen molar-refractivity contribution in [3.63, 3.8) is 0 Å². The summed E-state index contributed by atoms with van der Waals surface area (Å²) in [4.78, 5) is 14.5. The van der Waals surface area contributed by atoms with E-state index in [0.717, 1.165) is 33.3 Å². The molecule has 1 heterocycles. The maximum Gasteiger partial charge on any atom is 0.264 e.